The van der Waals surface area contributed by atoms with E-state index in [2.05, 4.69) is 9.97 Å². The highest BCUT2D eigenvalue weighted by Gasteiger charge is 2.37. The maximum atomic E-state index is 13.0. The van der Waals surface area contributed by atoms with E-state index in [0.717, 1.165) is 5.56 Å². The number of nitrogens with zero attached hydrogens (tertiary/aromatic N) is 3. The summed E-state index contributed by atoms with van der Waals surface area (Å²) in [7, 11) is 0. The van der Waals surface area contributed by atoms with E-state index in [1.54, 1.807) is 31.7 Å². The number of hydrogen-bond donors (Lipinski definition) is 0. The van der Waals surface area contributed by atoms with Gasteiger partial charge in [-0.15, -0.1) is 0 Å². The lowest BCUT2D eigenvalue weighted by molar-refractivity contribution is -0.160. The van der Waals surface area contributed by atoms with E-state index in [1.165, 1.54) is 6.20 Å². The SMILES string of the molecule is CC[C@H](C(=O)OC(C)(C)C)N1Cc2ccc(-c3nc(Cl)ncc3Cl)cc2C1=O. The molecule has 3 rings (SSSR count). The Balaban J connectivity index is 1.91. The minimum Gasteiger partial charge on any atom is -0.458 e. The van der Waals surface area contributed by atoms with Gasteiger partial charge < -0.3 is 9.64 Å². The summed E-state index contributed by atoms with van der Waals surface area (Å²) in [6.45, 7) is 7.63. The number of benzene rings is 1. The Bertz CT molecular complexity index is 941. The van der Waals surface area contributed by atoms with Crippen molar-refractivity contribution < 1.29 is 14.3 Å². The standard InChI is InChI=1S/C20H21Cl2N3O3/c1-5-15(18(27)28-20(2,3)4)25-10-12-7-6-11(8-13(12)17(25)26)16-14(21)9-23-19(22)24-16/h6-9,15H,5,10H2,1-4H3/t15-/m1/s1. The lowest BCUT2D eigenvalue weighted by Crippen LogP contribution is -2.44. The molecule has 2 aromatic rings. The number of amides is 1. The first kappa shape index (κ1) is 20.6. The van der Waals surface area contributed by atoms with Gasteiger partial charge in [-0.25, -0.2) is 14.8 Å². The number of ether oxygens (including phenoxy) is 1. The van der Waals surface area contributed by atoms with Gasteiger partial charge in [0.2, 0.25) is 5.28 Å². The molecule has 0 saturated heterocycles. The maximum Gasteiger partial charge on any atom is 0.329 e. The molecule has 0 aliphatic carbocycles. The predicted molar refractivity (Wildman–Crippen MR) is 107 cm³/mol. The van der Waals surface area contributed by atoms with Crippen LogP contribution in [0.2, 0.25) is 10.3 Å². The number of hydrogen-bond acceptors (Lipinski definition) is 5. The quantitative estimate of drug-likeness (QED) is 0.535. The van der Waals surface area contributed by atoms with Crippen LogP contribution < -0.4 is 0 Å². The van der Waals surface area contributed by atoms with Crippen LogP contribution in [0.25, 0.3) is 11.3 Å². The Morgan fingerprint density at radius 3 is 2.68 bits per heavy atom. The van der Waals surface area contributed by atoms with Crippen molar-refractivity contribution in [3.63, 3.8) is 0 Å². The smallest absolute Gasteiger partial charge is 0.329 e. The van der Waals surface area contributed by atoms with E-state index in [-0.39, 0.29) is 11.2 Å². The third-order valence-electron chi connectivity index (χ3n) is 4.37. The molecule has 8 heteroatoms. The normalized spacial score (nSPS) is 14.8. The lowest BCUT2D eigenvalue weighted by atomic mass is 10.0. The zero-order valence-electron chi connectivity index (χ0n) is 16.1. The fourth-order valence-electron chi connectivity index (χ4n) is 3.15. The monoisotopic (exact) mass is 421 g/mol. The second kappa shape index (κ2) is 7.68. The van der Waals surface area contributed by atoms with Gasteiger partial charge in [0.15, 0.2) is 0 Å². The molecule has 1 aromatic heterocycles. The second-order valence-electron chi connectivity index (χ2n) is 7.60. The zero-order valence-corrected chi connectivity index (χ0v) is 17.6. The van der Waals surface area contributed by atoms with Crippen molar-refractivity contribution in [2.24, 2.45) is 0 Å². The van der Waals surface area contributed by atoms with Gasteiger partial charge in [0, 0.05) is 17.7 Å². The topological polar surface area (TPSA) is 72.4 Å². The minimum atomic E-state index is -0.639. The first-order valence-corrected chi connectivity index (χ1v) is 9.71. The van der Waals surface area contributed by atoms with Gasteiger partial charge in [-0.1, -0.05) is 30.7 Å². The molecule has 28 heavy (non-hydrogen) atoms. The fraction of sp³-hybridized carbons (Fsp3) is 0.400. The summed E-state index contributed by atoms with van der Waals surface area (Å²) in [5, 5.41) is 0.413. The van der Waals surface area contributed by atoms with E-state index in [0.29, 0.717) is 34.8 Å². The van der Waals surface area contributed by atoms with Crippen LogP contribution in [0.15, 0.2) is 24.4 Å². The second-order valence-corrected chi connectivity index (χ2v) is 8.34. The molecule has 1 aliphatic rings. The number of carbonyl (C=O) groups excluding carboxylic acids is 2. The summed E-state index contributed by atoms with van der Waals surface area (Å²) in [6, 6.07) is 4.76. The van der Waals surface area contributed by atoms with Crippen LogP contribution in [-0.2, 0) is 16.1 Å². The van der Waals surface area contributed by atoms with Crippen LogP contribution in [0.5, 0.6) is 0 Å². The molecule has 1 amide bonds. The first-order valence-electron chi connectivity index (χ1n) is 8.96. The van der Waals surface area contributed by atoms with Gasteiger partial charge in [-0.2, -0.15) is 0 Å². The average Bonchev–Trinajstić information content (AvgIpc) is 2.92. The first-order chi connectivity index (χ1) is 13.1. The van der Waals surface area contributed by atoms with Crippen molar-refractivity contribution in [3.8, 4) is 11.3 Å². The van der Waals surface area contributed by atoms with Crippen molar-refractivity contribution >= 4 is 35.1 Å². The molecule has 0 spiro atoms. The molecule has 0 N–H and O–H groups in total. The van der Waals surface area contributed by atoms with Gasteiger partial charge in [0.1, 0.15) is 11.6 Å². The molecule has 1 aromatic carbocycles. The maximum absolute atomic E-state index is 13.0. The Morgan fingerprint density at radius 2 is 2.04 bits per heavy atom. The highest BCUT2D eigenvalue weighted by molar-refractivity contribution is 6.33. The minimum absolute atomic E-state index is 0.0730. The molecule has 0 radical (unpaired) electrons. The van der Waals surface area contributed by atoms with Crippen molar-refractivity contribution in [2.75, 3.05) is 0 Å². The molecular formula is C20H21Cl2N3O3. The number of rotatable bonds is 4. The average molecular weight is 422 g/mol. The summed E-state index contributed by atoms with van der Waals surface area (Å²) in [5.41, 5.74) is 1.86. The van der Waals surface area contributed by atoms with E-state index in [9.17, 15) is 9.59 Å². The summed E-state index contributed by atoms with van der Waals surface area (Å²) < 4.78 is 5.49. The van der Waals surface area contributed by atoms with Gasteiger partial charge >= 0.3 is 5.97 Å². The zero-order chi connectivity index (χ0) is 20.6. The van der Waals surface area contributed by atoms with Crippen LogP contribution >= 0.6 is 23.2 Å². The molecule has 0 fully saturated rings. The Kier molecular flexibility index (Phi) is 5.64. The van der Waals surface area contributed by atoms with Crippen LogP contribution in [0.4, 0.5) is 0 Å². The van der Waals surface area contributed by atoms with Crippen molar-refractivity contribution in [1.29, 1.82) is 0 Å². The van der Waals surface area contributed by atoms with Gasteiger partial charge in [-0.05, 0) is 50.4 Å². The summed E-state index contributed by atoms with van der Waals surface area (Å²) in [5.74, 6) is -0.618. The summed E-state index contributed by atoms with van der Waals surface area (Å²) in [6.07, 6.45) is 1.89. The van der Waals surface area contributed by atoms with Crippen molar-refractivity contribution in [3.05, 3.63) is 45.8 Å². The van der Waals surface area contributed by atoms with Crippen LogP contribution in [0, 0.1) is 0 Å². The number of halogens is 2. The fourth-order valence-corrected chi connectivity index (χ4v) is 3.49. The molecular weight excluding hydrogens is 401 g/mol. The van der Waals surface area contributed by atoms with Crippen LogP contribution in [-0.4, -0.2) is 38.4 Å². The van der Waals surface area contributed by atoms with Crippen molar-refractivity contribution in [1.82, 2.24) is 14.9 Å². The van der Waals surface area contributed by atoms with Crippen LogP contribution in [0.1, 0.15) is 50.0 Å². The summed E-state index contributed by atoms with van der Waals surface area (Å²) in [4.78, 5) is 35.2. The molecule has 2 heterocycles. The third-order valence-corrected chi connectivity index (χ3v) is 4.83. The predicted octanol–water partition coefficient (Wildman–Crippen LogP) is 4.53. The number of fused-ring (bicyclic) bond motifs is 1. The third kappa shape index (κ3) is 4.13. The highest BCUT2D eigenvalue weighted by Crippen LogP contribution is 2.32. The molecule has 1 aliphatic heterocycles. The molecule has 6 nitrogen and oxygen atoms in total. The largest absolute Gasteiger partial charge is 0.458 e. The molecule has 0 bridgehead atoms. The van der Waals surface area contributed by atoms with Gasteiger partial charge in [0.05, 0.1) is 16.9 Å². The highest BCUT2D eigenvalue weighted by atomic mass is 35.5. The van der Waals surface area contributed by atoms with Gasteiger partial charge in [-0.3, -0.25) is 4.79 Å². The summed E-state index contributed by atoms with van der Waals surface area (Å²) >= 11 is 12.1. The van der Waals surface area contributed by atoms with Gasteiger partial charge in [0.25, 0.3) is 5.91 Å². The number of esters is 1. The lowest BCUT2D eigenvalue weighted by Gasteiger charge is -2.29. The van der Waals surface area contributed by atoms with E-state index in [4.69, 9.17) is 27.9 Å². The number of carbonyl (C=O) groups is 2. The molecule has 1 atom stereocenters. The van der Waals surface area contributed by atoms with Crippen molar-refractivity contribution in [2.45, 2.75) is 52.3 Å². The number of aromatic nitrogens is 2. The molecule has 0 saturated carbocycles. The Morgan fingerprint density at radius 1 is 1.32 bits per heavy atom. The molecule has 0 unspecified atom stereocenters. The Hall–Kier alpha value is -2.18. The Labute approximate surface area is 173 Å². The van der Waals surface area contributed by atoms with E-state index in [1.807, 2.05) is 19.1 Å². The molecule has 148 valence electrons. The van der Waals surface area contributed by atoms with Crippen LogP contribution in [0.3, 0.4) is 0 Å². The van der Waals surface area contributed by atoms with E-state index < -0.39 is 17.6 Å². The van der Waals surface area contributed by atoms with E-state index >= 15 is 0 Å².